The molecule has 37 heavy (non-hydrogen) atoms. The molecule has 5 rings (SSSR count). The molecule has 7 nitrogen and oxygen atoms in total. The van der Waals surface area contributed by atoms with Gasteiger partial charge in [0.2, 0.25) is 5.78 Å². The largest absolute Gasteiger partial charge is 0.490 e. The highest BCUT2D eigenvalue weighted by atomic mass is 16.5. The summed E-state index contributed by atoms with van der Waals surface area (Å²) in [6, 6.07) is 11.0. The Balaban J connectivity index is 1.52. The summed E-state index contributed by atoms with van der Waals surface area (Å²) >= 11 is 0. The fraction of sp³-hybridized carbons (Fsp3) is 0.433. The zero-order chi connectivity index (χ0) is 26.4. The molecule has 0 bridgehead atoms. The van der Waals surface area contributed by atoms with Crippen molar-refractivity contribution < 1.29 is 33.0 Å². The van der Waals surface area contributed by atoms with Gasteiger partial charge in [-0.15, -0.1) is 0 Å². The lowest BCUT2D eigenvalue weighted by atomic mass is 9.44. The van der Waals surface area contributed by atoms with Gasteiger partial charge in [0.05, 0.1) is 37.7 Å². The van der Waals surface area contributed by atoms with E-state index in [1.165, 1.54) is 13.2 Å². The minimum atomic E-state index is -0.735. The summed E-state index contributed by atoms with van der Waals surface area (Å²) in [6.45, 7) is 8.26. The molecule has 0 unspecified atom stereocenters. The molecule has 0 amide bonds. The fourth-order valence-corrected chi connectivity index (χ4v) is 6.99. The average Bonchev–Trinajstić information content (AvgIpc) is 3.40. The molecule has 1 aliphatic heterocycles. The van der Waals surface area contributed by atoms with Crippen LogP contribution in [0.15, 0.2) is 77.5 Å². The quantitative estimate of drug-likeness (QED) is 0.508. The molecule has 1 saturated heterocycles. The molecule has 2 aromatic rings. The van der Waals surface area contributed by atoms with Crippen LogP contribution in [0.5, 0.6) is 0 Å². The van der Waals surface area contributed by atoms with Crippen molar-refractivity contribution in [3.63, 3.8) is 0 Å². The highest BCUT2D eigenvalue weighted by molar-refractivity contribution is 6.01. The van der Waals surface area contributed by atoms with Gasteiger partial charge in [0.15, 0.2) is 5.76 Å². The standard InChI is InChI=1S/C30H32O7/c1-18-21-10-12-29(2)22(28(33)34-4)15-23(37-25(31)14-19-8-6-5-7-9-19)26(32)27(29)30(21,3)16-24(36-18)20-11-13-35-17-20/h5-9,11,13,15,17,21-22,24,27H,1,10,12,14,16H2,2-4H3/t21-,22-,24-,27-,29-,30-/m0/s1. The van der Waals surface area contributed by atoms with Crippen molar-refractivity contribution in [2.75, 3.05) is 7.11 Å². The molecule has 2 aliphatic carbocycles. The number of methoxy groups -OCH3 is 1. The van der Waals surface area contributed by atoms with Crippen LogP contribution < -0.4 is 0 Å². The highest BCUT2D eigenvalue weighted by Gasteiger charge is 2.65. The maximum absolute atomic E-state index is 14.2. The molecule has 7 heteroatoms. The van der Waals surface area contributed by atoms with Gasteiger partial charge >= 0.3 is 11.9 Å². The van der Waals surface area contributed by atoms with Gasteiger partial charge < -0.3 is 18.6 Å². The van der Waals surface area contributed by atoms with Gasteiger partial charge in [-0.2, -0.15) is 0 Å². The molecule has 1 saturated carbocycles. The van der Waals surface area contributed by atoms with Crippen molar-refractivity contribution in [2.45, 2.75) is 45.6 Å². The number of allylic oxidation sites excluding steroid dienone is 2. The van der Waals surface area contributed by atoms with Crippen LogP contribution in [0.4, 0.5) is 0 Å². The Morgan fingerprint density at radius 3 is 2.57 bits per heavy atom. The van der Waals surface area contributed by atoms with Crippen molar-refractivity contribution >= 4 is 17.7 Å². The highest BCUT2D eigenvalue weighted by Crippen LogP contribution is 2.66. The van der Waals surface area contributed by atoms with Crippen molar-refractivity contribution in [1.29, 1.82) is 0 Å². The number of carbonyl (C=O) groups excluding carboxylic acids is 3. The third-order valence-electron chi connectivity index (χ3n) is 8.71. The van der Waals surface area contributed by atoms with Crippen LogP contribution in [-0.4, -0.2) is 24.8 Å². The molecule has 0 spiro atoms. The van der Waals surface area contributed by atoms with Gasteiger partial charge in [-0.3, -0.25) is 14.4 Å². The van der Waals surface area contributed by atoms with E-state index in [9.17, 15) is 14.4 Å². The first-order valence-corrected chi connectivity index (χ1v) is 12.6. The minimum absolute atomic E-state index is 0.0172. The van der Waals surface area contributed by atoms with Gasteiger partial charge in [0.1, 0.15) is 6.10 Å². The van der Waals surface area contributed by atoms with Gasteiger partial charge in [-0.05, 0) is 47.8 Å². The number of hydrogen-bond acceptors (Lipinski definition) is 7. The summed E-state index contributed by atoms with van der Waals surface area (Å²) in [5.41, 5.74) is 0.326. The lowest BCUT2D eigenvalue weighted by molar-refractivity contribution is -0.176. The van der Waals surface area contributed by atoms with Gasteiger partial charge in [0, 0.05) is 17.4 Å². The van der Waals surface area contributed by atoms with E-state index < -0.39 is 34.6 Å². The van der Waals surface area contributed by atoms with E-state index in [-0.39, 0.29) is 30.0 Å². The van der Waals surface area contributed by atoms with Crippen molar-refractivity contribution in [3.8, 4) is 0 Å². The normalized spacial score (nSPS) is 32.9. The topological polar surface area (TPSA) is 92.0 Å². The van der Waals surface area contributed by atoms with Gasteiger partial charge in [0.25, 0.3) is 0 Å². The Morgan fingerprint density at radius 2 is 1.89 bits per heavy atom. The fourth-order valence-electron chi connectivity index (χ4n) is 6.99. The van der Waals surface area contributed by atoms with E-state index in [4.69, 9.17) is 18.6 Å². The predicted molar refractivity (Wildman–Crippen MR) is 134 cm³/mol. The van der Waals surface area contributed by atoms with Gasteiger partial charge in [-0.1, -0.05) is 50.8 Å². The monoisotopic (exact) mass is 504 g/mol. The molecular weight excluding hydrogens is 472 g/mol. The first-order valence-electron chi connectivity index (χ1n) is 12.6. The number of hydrogen-bond donors (Lipinski definition) is 0. The Labute approximate surface area is 216 Å². The summed E-state index contributed by atoms with van der Waals surface area (Å²) in [7, 11) is 1.34. The number of benzene rings is 1. The maximum atomic E-state index is 14.2. The lowest BCUT2D eigenvalue weighted by Gasteiger charge is -2.60. The van der Waals surface area contributed by atoms with Crippen LogP contribution in [0.1, 0.15) is 50.3 Å². The van der Waals surface area contributed by atoms with Crippen molar-refractivity contribution in [3.05, 3.63) is 84.2 Å². The first-order chi connectivity index (χ1) is 17.7. The number of esters is 2. The molecule has 0 N–H and O–H groups in total. The van der Waals surface area contributed by atoms with Gasteiger partial charge in [-0.25, -0.2) is 0 Å². The number of fused-ring (bicyclic) bond motifs is 3. The molecular formula is C30H32O7. The molecule has 2 heterocycles. The molecule has 0 radical (unpaired) electrons. The summed E-state index contributed by atoms with van der Waals surface area (Å²) in [6.07, 6.45) is 6.26. The predicted octanol–water partition coefficient (Wildman–Crippen LogP) is 5.34. The summed E-state index contributed by atoms with van der Waals surface area (Å²) in [5, 5.41) is 0. The van der Waals surface area contributed by atoms with E-state index in [2.05, 4.69) is 13.5 Å². The smallest absolute Gasteiger partial charge is 0.315 e. The Morgan fingerprint density at radius 1 is 1.14 bits per heavy atom. The number of furan rings is 1. The second-order valence-corrected chi connectivity index (χ2v) is 10.9. The Hall–Kier alpha value is -3.61. The second-order valence-electron chi connectivity index (χ2n) is 10.9. The van der Waals surface area contributed by atoms with Crippen LogP contribution in [-0.2, 0) is 35.0 Å². The van der Waals surface area contributed by atoms with E-state index in [1.54, 1.807) is 12.5 Å². The SMILES string of the molecule is C=C1O[C@H](c2ccoc2)C[C@]2(C)[C@H]3C(=O)C(OC(=O)Cc4ccccc4)=C[C@@H](C(=O)OC)[C@]3(C)CC[C@@H]12. The molecule has 2 fully saturated rings. The summed E-state index contributed by atoms with van der Waals surface area (Å²) in [4.78, 5) is 40.1. The summed E-state index contributed by atoms with van der Waals surface area (Å²) < 4.78 is 22.3. The van der Waals surface area contributed by atoms with Crippen molar-refractivity contribution in [2.24, 2.45) is 28.6 Å². The van der Waals surface area contributed by atoms with Crippen LogP contribution in [0, 0.1) is 28.6 Å². The minimum Gasteiger partial charge on any atom is -0.490 e. The van der Waals surface area contributed by atoms with Crippen LogP contribution >= 0.6 is 0 Å². The van der Waals surface area contributed by atoms with E-state index in [0.717, 1.165) is 17.5 Å². The first kappa shape index (κ1) is 25.1. The van der Waals surface area contributed by atoms with E-state index in [0.29, 0.717) is 18.6 Å². The summed E-state index contributed by atoms with van der Waals surface area (Å²) in [5.74, 6) is -2.16. The van der Waals surface area contributed by atoms with Crippen LogP contribution in [0.2, 0.25) is 0 Å². The molecule has 6 atom stereocenters. The molecule has 3 aliphatic rings. The van der Waals surface area contributed by atoms with E-state index >= 15 is 0 Å². The molecule has 1 aromatic carbocycles. The average molecular weight is 505 g/mol. The third-order valence-corrected chi connectivity index (χ3v) is 8.71. The maximum Gasteiger partial charge on any atom is 0.315 e. The number of ether oxygens (including phenoxy) is 3. The van der Waals surface area contributed by atoms with E-state index in [1.807, 2.05) is 43.3 Å². The third kappa shape index (κ3) is 4.20. The number of ketones is 1. The second kappa shape index (κ2) is 9.36. The Kier molecular flexibility index (Phi) is 6.34. The lowest BCUT2D eigenvalue weighted by Crippen LogP contribution is -2.60. The zero-order valence-corrected chi connectivity index (χ0v) is 21.4. The zero-order valence-electron chi connectivity index (χ0n) is 21.4. The number of rotatable bonds is 5. The molecule has 1 aromatic heterocycles. The Bertz CT molecular complexity index is 1240. The number of carbonyl (C=O) groups is 3. The van der Waals surface area contributed by atoms with Crippen LogP contribution in [0.25, 0.3) is 0 Å². The van der Waals surface area contributed by atoms with Crippen molar-refractivity contribution in [1.82, 2.24) is 0 Å². The van der Waals surface area contributed by atoms with Crippen LogP contribution in [0.3, 0.4) is 0 Å². The number of Topliss-reactive ketones (excluding diaryl/α,β-unsaturated/α-hetero) is 1. The molecule has 194 valence electrons.